The molecule has 1 unspecified atom stereocenters. The summed E-state index contributed by atoms with van der Waals surface area (Å²) < 4.78 is 2.54. The van der Waals surface area contributed by atoms with Gasteiger partial charge >= 0.3 is 0 Å². The molecule has 1 aromatic heterocycles. The van der Waals surface area contributed by atoms with Gasteiger partial charge in [0, 0.05) is 32.7 Å². The van der Waals surface area contributed by atoms with E-state index in [-0.39, 0.29) is 10.8 Å². The first kappa shape index (κ1) is 23.1. The van der Waals surface area contributed by atoms with Crippen molar-refractivity contribution in [2.24, 2.45) is 5.41 Å². The van der Waals surface area contributed by atoms with Crippen LogP contribution in [0.25, 0.3) is 61.0 Å². The topological polar surface area (TPSA) is 4.93 Å². The number of benzene rings is 5. The molecule has 0 saturated carbocycles. The lowest BCUT2D eigenvalue weighted by Gasteiger charge is -2.35. The molecule has 0 spiro atoms. The molecule has 0 radical (unpaired) electrons. The minimum absolute atomic E-state index is 0.00368. The molecule has 1 atom stereocenters. The van der Waals surface area contributed by atoms with Crippen molar-refractivity contribution in [3.05, 3.63) is 138 Å². The number of nitrogens with zero attached hydrogens (tertiary/aromatic N) is 1. The summed E-state index contributed by atoms with van der Waals surface area (Å²) in [6, 6.07) is 34.1. The summed E-state index contributed by atoms with van der Waals surface area (Å²) in [5.41, 5.74) is 13.5. The molecule has 3 aliphatic rings. The van der Waals surface area contributed by atoms with Crippen LogP contribution in [0.2, 0.25) is 0 Å². The molecule has 1 heterocycles. The molecular formula is C40H31N. The van der Waals surface area contributed by atoms with Crippen LogP contribution < -0.4 is 0 Å². The van der Waals surface area contributed by atoms with Crippen LogP contribution in [0.4, 0.5) is 0 Å². The van der Waals surface area contributed by atoms with E-state index < -0.39 is 0 Å². The third kappa shape index (κ3) is 2.86. The second-order valence-electron chi connectivity index (χ2n) is 12.8. The average molecular weight is 526 g/mol. The molecule has 0 saturated heterocycles. The zero-order valence-corrected chi connectivity index (χ0v) is 23.7. The van der Waals surface area contributed by atoms with Crippen molar-refractivity contribution >= 4 is 44.2 Å². The van der Waals surface area contributed by atoms with Gasteiger partial charge in [-0.1, -0.05) is 124 Å². The predicted molar refractivity (Wildman–Crippen MR) is 175 cm³/mol. The second-order valence-corrected chi connectivity index (χ2v) is 12.8. The highest BCUT2D eigenvalue weighted by atomic mass is 15.0. The molecule has 1 heteroatoms. The Morgan fingerprint density at radius 1 is 0.707 bits per heavy atom. The van der Waals surface area contributed by atoms with Crippen molar-refractivity contribution in [1.82, 2.24) is 4.57 Å². The van der Waals surface area contributed by atoms with E-state index in [1.165, 1.54) is 77.2 Å². The van der Waals surface area contributed by atoms with Crippen molar-refractivity contribution < 1.29 is 0 Å². The Morgan fingerprint density at radius 3 is 2.32 bits per heavy atom. The van der Waals surface area contributed by atoms with Gasteiger partial charge in [0.1, 0.15) is 0 Å². The molecule has 0 fully saturated rings. The van der Waals surface area contributed by atoms with Crippen LogP contribution in [0.5, 0.6) is 0 Å². The maximum atomic E-state index is 2.54. The smallest absolute Gasteiger partial charge is 0.0626 e. The van der Waals surface area contributed by atoms with Crippen molar-refractivity contribution in [1.29, 1.82) is 0 Å². The van der Waals surface area contributed by atoms with E-state index in [1.54, 1.807) is 0 Å². The average Bonchev–Trinajstić information content (AvgIpc) is 3.46. The minimum atomic E-state index is -0.0478. The summed E-state index contributed by atoms with van der Waals surface area (Å²) in [4.78, 5) is 0. The van der Waals surface area contributed by atoms with Gasteiger partial charge in [-0.3, -0.25) is 0 Å². The van der Waals surface area contributed by atoms with Crippen molar-refractivity contribution in [3.8, 4) is 16.8 Å². The summed E-state index contributed by atoms with van der Waals surface area (Å²) in [6.07, 6.45) is 12.8. The van der Waals surface area contributed by atoms with E-state index >= 15 is 0 Å². The Morgan fingerprint density at radius 2 is 1.44 bits per heavy atom. The Kier molecular flexibility index (Phi) is 4.38. The molecule has 196 valence electrons. The highest BCUT2D eigenvalue weighted by molar-refractivity contribution is 6.25. The molecule has 1 nitrogen and oxygen atoms in total. The number of fused-ring (bicyclic) bond motifs is 13. The lowest BCUT2D eigenvalue weighted by atomic mass is 9.68. The van der Waals surface area contributed by atoms with Crippen LogP contribution in [0.15, 0.2) is 115 Å². The molecular weight excluding hydrogens is 494 g/mol. The van der Waals surface area contributed by atoms with Gasteiger partial charge in [-0.05, 0) is 69.0 Å². The second kappa shape index (κ2) is 7.77. The van der Waals surface area contributed by atoms with Gasteiger partial charge in [-0.25, -0.2) is 0 Å². The van der Waals surface area contributed by atoms with E-state index in [2.05, 4.69) is 147 Å². The Bertz CT molecular complexity index is 2210. The summed E-state index contributed by atoms with van der Waals surface area (Å²) >= 11 is 0. The number of rotatable bonds is 1. The number of para-hydroxylation sites is 1. The fourth-order valence-electron chi connectivity index (χ4n) is 8.07. The van der Waals surface area contributed by atoms with Gasteiger partial charge in [0.05, 0.1) is 11.0 Å². The van der Waals surface area contributed by atoms with E-state index in [1.807, 2.05) is 0 Å². The SMILES string of the molecule is CC12C=Cc3c(c4c5ccccc5n(-c5ccc6c(c5)C(C)(C)c5ccccc5-6)c4c4ccccc34)C1=CC=CC2. The molecule has 41 heavy (non-hydrogen) atoms. The first-order valence-corrected chi connectivity index (χ1v) is 14.8. The van der Waals surface area contributed by atoms with Crippen LogP contribution in [0.3, 0.4) is 0 Å². The Labute approximate surface area is 240 Å². The summed E-state index contributed by atoms with van der Waals surface area (Å²) in [6.45, 7) is 7.13. The van der Waals surface area contributed by atoms with Gasteiger partial charge in [0.15, 0.2) is 0 Å². The zero-order chi connectivity index (χ0) is 27.5. The lowest BCUT2D eigenvalue weighted by molar-refractivity contribution is 0.579. The standard InChI is InChI=1S/C40H31N/c1-39(2)32-16-8-6-13-27(32)28-20-19-25(24-34(28)39)41-35-18-9-7-15-31(35)37-36-29(26-12-4-5-14-30(26)38(37)41)21-23-40(3)22-11-10-17-33(36)40/h4-21,23-24H,22H2,1-3H3. The van der Waals surface area contributed by atoms with E-state index in [0.29, 0.717) is 0 Å². The molecule has 9 rings (SSSR count). The van der Waals surface area contributed by atoms with Crippen LogP contribution in [0, 0.1) is 5.41 Å². The van der Waals surface area contributed by atoms with Crippen molar-refractivity contribution in [3.63, 3.8) is 0 Å². The maximum absolute atomic E-state index is 2.54. The van der Waals surface area contributed by atoms with Crippen LogP contribution >= 0.6 is 0 Å². The first-order chi connectivity index (χ1) is 20.0. The van der Waals surface area contributed by atoms with E-state index in [0.717, 1.165) is 6.42 Å². The fraction of sp³-hybridized carbons (Fsp3) is 0.150. The summed E-state index contributed by atoms with van der Waals surface area (Å²) in [5.74, 6) is 0. The number of hydrogen-bond acceptors (Lipinski definition) is 0. The molecule has 0 amide bonds. The molecule has 5 aromatic carbocycles. The summed E-state index contributed by atoms with van der Waals surface area (Å²) in [7, 11) is 0. The van der Waals surface area contributed by atoms with E-state index in [9.17, 15) is 0 Å². The van der Waals surface area contributed by atoms with E-state index in [4.69, 9.17) is 0 Å². The molecule has 0 bridgehead atoms. The van der Waals surface area contributed by atoms with Gasteiger partial charge in [0.25, 0.3) is 0 Å². The van der Waals surface area contributed by atoms with Gasteiger partial charge in [-0.15, -0.1) is 0 Å². The molecule has 6 aromatic rings. The molecule has 0 aliphatic heterocycles. The highest BCUT2D eigenvalue weighted by Crippen LogP contribution is 2.54. The minimum Gasteiger partial charge on any atom is -0.309 e. The van der Waals surface area contributed by atoms with Crippen LogP contribution in [-0.4, -0.2) is 4.57 Å². The molecule has 0 N–H and O–H groups in total. The zero-order valence-electron chi connectivity index (χ0n) is 23.7. The third-order valence-corrected chi connectivity index (χ3v) is 10.1. The number of hydrogen-bond donors (Lipinski definition) is 0. The van der Waals surface area contributed by atoms with Crippen molar-refractivity contribution in [2.75, 3.05) is 0 Å². The van der Waals surface area contributed by atoms with Gasteiger partial charge < -0.3 is 4.57 Å². The quantitative estimate of drug-likeness (QED) is 0.201. The third-order valence-electron chi connectivity index (χ3n) is 10.1. The normalized spacial score (nSPS) is 19.7. The fourth-order valence-corrected chi connectivity index (χ4v) is 8.07. The predicted octanol–water partition coefficient (Wildman–Crippen LogP) is 10.6. The van der Waals surface area contributed by atoms with Gasteiger partial charge in [-0.2, -0.15) is 0 Å². The number of allylic oxidation sites excluding steroid dienone is 5. The monoisotopic (exact) mass is 525 g/mol. The largest absolute Gasteiger partial charge is 0.309 e. The molecule has 3 aliphatic carbocycles. The first-order valence-electron chi connectivity index (χ1n) is 14.8. The van der Waals surface area contributed by atoms with Crippen molar-refractivity contribution in [2.45, 2.75) is 32.6 Å². The highest BCUT2D eigenvalue weighted by Gasteiger charge is 2.37. The van der Waals surface area contributed by atoms with Gasteiger partial charge in [0.2, 0.25) is 0 Å². The van der Waals surface area contributed by atoms with Crippen LogP contribution in [0.1, 0.15) is 49.4 Å². The number of aromatic nitrogens is 1. The lowest BCUT2D eigenvalue weighted by Crippen LogP contribution is -2.20. The Hall–Kier alpha value is -4.62. The van der Waals surface area contributed by atoms with Crippen LogP contribution in [-0.2, 0) is 5.41 Å². The summed E-state index contributed by atoms with van der Waals surface area (Å²) in [5, 5.41) is 5.32. The Balaban J connectivity index is 1.45. The maximum Gasteiger partial charge on any atom is 0.0626 e.